The van der Waals surface area contributed by atoms with Gasteiger partial charge in [0, 0.05) is 26.2 Å². The number of fused-ring (bicyclic) bond motifs is 3. The van der Waals surface area contributed by atoms with Crippen LogP contribution in [0.25, 0.3) is 21.5 Å². The Morgan fingerprint density at radius 1 is 1.22 bits per heavy atom. The van der Waals surface area contributed by atoms with Crippen LogP contribution < -0.4 is 4.90 Å². The number of hydrogen-bond acceptors (Lipinski definition) is 6. The van der Waals surface area contributed by atoms with E-state index >= 15 is 0 Å². The van der Waals surface area contributed by atoms with Gasteiger partial charge in [0.25, 0.3) is 0 Å². The molecular formula is C14H13FN8. The zero-order valence-electron chi connectivity index (χ0n) is 12.4. The van der Waals surface area contributed by atoms with Crippen molar-refractivity contribution >= 4 is 28.2 Å². The number of nitrogens with zero attached hydrogens (tertiary/aromatic N) is 8. The first-order valence-electron chi connectivity index (χ1n) is 7.19. The Hall–Kier alpha value is -2.86. The van der Waals surface area contributed by atoms with E-state index in [4.69, 9.17) is 6.57 Å². The Bertz CT molecular complexity index is 935. The molecule has 4 rings (SSSR count). The van der Waals surface area contributed by atoms with E-state index in [1.54, 1.807) is 6.07 Å². The highest BCUT2D eigenvalue weighted by Gasteiger charge is 2.22. The van der Waals surface area contributed by atoms with Crippen molar-refractivity contribution in [2.45, 2.75) is 0 Å². The summed E-state index contributed by atoms with van der Waals surface area (Å²) >= 11 is 0. The molecule has 1 saturated heterocycles. The van der Waals surface area contributed by atoms with Gasteiger partial charge in [-0.25, -0.2) is 14.2 Å². The van der Waals surface area contributed by atoms with Crippen LogP contribution in [-0.2, 0) is 0 Å². The standard InChI is InChI=1S/C14H13FN8/c1-16-9-7-10(15)12-11(8-9)23-14(18-19-20-23)13(17-12)22-5-3-21(2)4-6-22/h7-8H,3-6H2,2H3. The lowest BCUT2D eigenvalue weighted by Gasteiger charge is -2.33. The fourth-order valence-corrected chi connectivity index (χ4v) is 2.78. The normalized spacial score (nSPS) is 16.1. The Morgan fingerprint density at radius 2 is 2.00 bits per heavy atom. The van der Waals surface area contributed by atoms with Gasteiger partial charge < -0.3 is 9.80 Å². The average Bonchev–Trinajstić information content (AvgIpc) is 3.05. The molecule has 0 bridgehead atoms. The van der Waals surface area contributed by atoms with Crippen molar-refractivity contribution in [3.8, 4) is 0 Å². The number of benzene rings is 1. The van der Waals surface area contributed by atoms with E-state index in [0.29, 0.717) is 17.0 Å². The maximum absolute atomic E-state index is 14.4. The summed E-state index contributed by atoms with van der Waals surface area (Å²) in [6.45, 7) is 10.4. The van der Waals surface area contributed by atoms with Gasteiger partial charge in [0.1, 0.15) is 11.3 Å². The zero-order valence-corrected chi connectivity index (χ0v) is 12.4. The first kappa shape index (κ1) is 13.8. The third-order valence-electron chi connectivity index (χ3n) is 4.08. The van der Waals surface area contributed by atoms with Crippen LogP contribution in [0.5, 0.6) is 0 Å². The number of tetrazole rings is 1. The molecule has 2 aromatic heterocycles. The third kappa shape index (κ3) is 2.15. The quantitative estimate of drug-likeness (QED) is 0.627. The number of hydrogen-bond donors (Lipinski definition) is 0. The van der Waals surface area contributed by atoms with Crippen LogP contribution in [0.3, 0.4) is 0 Å². The number of likely N-dealkylation sites (N-methyl/N-ethyl adjacent to an activating group) is 1. The summed E-state index contributed by atoms with van der Waals surface area (Å²) in [5.74, 6) is 0.0336. The summed E-state index contributed by atoms with van der Waals surface area (Å²) in [5, 5.41) is 11.7. The molecular weight excluding hydrogens is 299 g/mol. The minimum Gasteiger partial charge on any atom is -0.351 e. The van der Waals surface area contributed by atoms with E-state index in [9.17, 15) is 4.39 Å². The lowest BCUT2D eigenvalue weighted by Crippen LogP contribution is -2.45. The fraction of sp³-hybridized carbons (Fsp3) is 0.357. The summed E-state index contributed by atoms with van der Waals surface area (Å²) < 4.78 is 15.8. The van der Waals surface area contributed by atoms with Gasteiger partial charge in [0.15, 0.2) is 11.5 Å². The number of halogens is 1. The highest BCUT2D eigenvalue weighted by atomic mass is 19.1. The Balaban J connectivity index is 1.96. The van der Waals surface area contributed by atoms with Crippen LogP contribution in [0.1, 0.15) is 0 Å². The number of anilines is 1. The number of piperazine rings is 1. The topological polar surface area (TPSA) is 66.8 Å². The Morgan fingerprint density at radius 3 is 2.74 bits per heavy atom. The van der Waals surface area contributed by atoms with Crippen molar-refractivity contribution in [2.24, 2.45) is 0 Å². The number of rotatable bonds is 1. The van der Waals surface area contributed by atoms with Crippen molar-refractivity contribution in [3.05, 3.63) is 29.4 Å². The Labute approximate surface area is 130 Å². The minimum absolute atomic E-state index is 0.172. The fourth-order valence-electron chi connectivity index (χ4n) is 2.78. The summed E-state index contributed by atoms with van der Waals surface area (Å²) in [7, 11) is 2.06. The lowest BCUT2D eigenvalue weighted by molar-refractivity contribution is 0.312. The molecule has 23 heavy (non-hydrogen) atoms. The second-order valence-corrected chi connectivity index (χ2v) is 5.55. The molecule has 0 unspecified atom stereocenters. The molecule has 0 amide bonds. The van der Waals surface area contributed by atoms with Gasteiger partial charge in [-0.1, -0.05) is 0 Å². The average molecular weight is 312 g/mol. The largest absolute Gasteiger partial charge is 0.351 e. The Kier molecular flexibility index (Phi) is 3.06. The third-order valence-corrected chi connectivity index (χ3v) is 4.08. The monoisotopic (exact) mass is 312 g/mol. The van der Waals surface area contributed by atoms with Crippen LogP contribution in [0.2, 0.25) is 0 Å². The molecule has 0 aliphatic carbocycles. The van der Waals surface area contributed by atoms with E-state index in [1.807, 2.05) is 0 Å². The van der Waals surface area contributed by atoms with E-state index in [0.717, 1.165) is 26.2 Å². The van der Waals surface area contributed by atoms with Crippen molar-refractivity contribution in [1.29, 1.82) is 0 Å². The molecule has 1 aliphatic heterocycles. The molecule has 0 saturated carbocycles. The molecule has 1 aliphatic rings. The second-order valence-electron chi connectivity index (χ2n) is 5.55. The molecule has 1 fully saturated rings. The van der Waals surface area contributed by atoms with E-state index in [2.05, 4.69) is 42.2 Å². The molecule has 8 nitrogen and oxygen atoms in total. The molecule has 0 atom stereocenters. The van der Waals surface area contributed by atoms with Gasteiger partial charge in [0.2, 0.25) is 5.65 Å². The van der Waals surface area contributed by atoms with Crippen LogP contribution >= 0.6 is 0 Å². The maximum Gasteiger partial charge on any atom is 0.222 e. The van der Waals surface area contributed by atoms with Gasteiger partial charge in [-0.2, -0.15) is 4.52 Å². The minimum atomic E-state index is -0.540. The van der Waals surface area contributed by atoms with E-state index in [1.165, 1.54) is 10.6 Å². The molecule has 9 heteroatoms. The first-order chi connectivity index (χ1) is 11.2. The highest BCUT2D eigenvalue weighted by molar-refractivity contribution is 5.85. The second kappa shape index (κ2) is 5.10. The van der Waals surface area contributed by atoms with Gasteiger partial charge in [-0.15, -0.1) is 5.10 Å². The van der Waals surface area contributed by atoms with Crippen LogP contribution in [-0.4, -0.2) is 63.2 Å². The van der Waals surface area contributed by atoms with Crippen LogP contribution in [0.4, 0.5) is 15.9 Å². The van der Waals surface area contributed by atoms with Gasteiger partial charge >= 0.3 is 0 Å². The van der Waals surface area contributed by atoms with Crippen molar-refractivity contribution in [2.75, 3.05) is 38.1 Å². The van der Waals surface area contributed by atoms with Gasteiger partial charge in [-0.05, 0) is 29.6 Å². The molecule has 0 N–H and O–H groups in total. The molecule has 0 radical (unpaired) electrons. The smallest absolute Gasteiger partial charge is 0.222 e. The van der Waals surface area contributed by atoms with Gasteiger partial charge in [-0.3, -0.25) is 0 Å². The predicted molar refractivity (Wildman–Crippen MR) is 82.0 cm³/mol. The van der Waals surface area contributed by atoms with Gasteiger partial charge in [0.05, 0.1) is 12.1 Å². The van der Waals surface area contributed by atoms with Crippen LogP contribution in [0.15, 0.2) is 12.1 Å². The summed E-state index contributed by atoms with van der Waals surface area (Å²) in [6, 6.07) is 2.74. The summed E-state index contributed by atoms with van der Waals surface area (Å²) in [5.41, 5.74) is 1.24. The molecule has 0 spiro atoms. The van der Waals surface area contributed by atoms with Crippen LogP contribution in [0, 0.1) is 12.4 Å². The lowest BCUT2D eigenvalue weighted by atomic mass is 10.2. The van der Waals surface area contributed by atoms with Crippen molar-refractivity contribution in [1.82, 2.24) is 29.9 Å². The van der Waals surface area contributed by atoms with E-state index < -0.39 is 5.82 Å². The summed E-state index contributed by atoms with van der Waals surface area (Å²) in [4.78, 5) is 12.0. The van der Waals surface area contributed by atoms with Crippen molar-refractivity contribution in [3.63, 3.8) is 0 Å². The highest BCUT2D eigenvalue weighted by Crippen LogP contribution is 2.28. The predicted octanol–water partition coefficient (Wildman–Crippen LogP) is 1.11. The zero-order chi connectivity index (χ0) is 16.0. The van der Waals surface area contributed by atoms with Crippen molar-refractivity contribution < 1.29 is 4.39 Å². The molecule has 3 heterocycles. The first-order valence-corrected chi connectivity index (χ1v) is 7.19. The molecule has 3 aromatic rings. The molecule has 1 aromatic carbocycles. The SMILES string of the molecule is [C-]#[N+]c1cc(F)c2nc(N3CCN(C)CC3)c3nnnn3c2c1. The maximum atomic E-state index is 14.4. The van der Waals surface area contributed by atoms with E-state index in [-0.39, 0.29) is 11.2 Å². The summed E-state index contributed by atoms with van der Waals surface area (Å²) in [6.07, 6.45) is 0. The number of aromatic nitrogens is 5. The molecule has 116 valence electrons.